The van der Waals surface area contributed by atoms with Crippen molar-refractivity contribution in [3.8, 4) is 23.3 Å². The summed E-state index contributed by atoms with van der Waals surface area (Å²) in [5.74, 6) is -0.187. The van der Waals surface area contributed by atoms with Gasteiger partial charge in [-0.2, -0.15) is 5.26 Å². The zero-order valence-electron chi connectivity index (χ0n) is 30.4. The fourth-order valence-electron chi connectivity index (χ4n) is 6.42. The van der Waals surface area contributed by atoms with E-state index in [1.54, 1.807) is 36.4 Å². The maximum Gasteiger partial charge on any atom is 0.349 e. The molecule has 0 saturated heterocycles. The highest BCUT2D eigenvalue weighted by atomic mass is 16.6. The Hall–Kier alpha value is -7.90. The predicted octanol–water partition coefficient (Wildman–Crippen LogP) is 7.87. The highest BCUT2D eigenvalue weighted by Gasteiger charge is 2.25. The number of hydrogen-bond acceptors (Lipinski definition) is 15. The second kappa shape index (κ2) is 16.2. The van der Waals surface area contributed by atoms with Crippen molar-refractivity contribution in [1.29, 1.82) is 5.26 Å². The van der Waals surface area contributed by atoms with Gasteiger partial charge in [0.15, 0.2) is 11.3 Å². The summed E-state index contributed by atoms with van der Waals surface area (Å²) in [6.07, 6.45) is 1.42. The van der Waals surface area contributed by atoms with Crippen LogP contribution in [0.3, 0.4) is 0 Å². The third-order valence-electron chi connectivity index (χ3n) is 9.26. The lowest BCUT2D eigenvalue weighted by Crippen LogP contribution is -2.41. The van der Waals surface area contributed by atoms with E-state index in [9.17, 15) is 25.0 Å². The van der Waals surface area contributed by atoms with Crippen LogP contribution in [0.25, 0.3) is 38.5 Å². The van der Waals surface area contributed by atoms with Crippen molar-refractivity contribution in [3.05, 3.63) is 126 Å². The Balaban J connectivity index is 1.14. The molecule has 18 heteroatoms. The predicted molar refractivity (Wildman–Crippen MR) is 206 cm³/mol. The van der Waals surface area contributed by atoms with E-state index in [1.165, 1.54) is 30.3 Å². The number of nitrogens with zero attached hydrogens (tertiary/aromatic N) is 9. The molecule has 0 aliphatic carbocycles. The smallest absolute Gasteiger partial charge is 0.349 e. The number of rotatable bonds is 13. The summed E-state index contributed by atoms with van der Waals surface area (Å²) in [4.78, 5) is 44.1. The van der Waals surface area contributed by atoms with Crippen molar-refractivity contribution in [1.82, 2.24) is 10.3 Å². The topological polar surface area (TPSA) is 236 Å². The summed E-state index contributed by atoms with van der Waals surface area (Å²) in [7, 11) is 0. The van der Waals surface area contributed by atoms with Crippen LogP contribution in [0.1, 0.15) is 30.5 Å². The number of carbonyl (C=O) groups is 1. The van der Waals surface area contributed by atoms with Gasteiger partial charge < -0.3 is 28.4 Å². The standard InChI is InChI=1S/C39H31N9O9/c1-3-46-13-14-47(4-2)32-19-34(53-21-23-5-7-27(8-6-23)42-45-41)24(16-31(32)46)15-25(20-40)39(50)54-22-26-17-36(49)56-35-18-28(9-10-29(26)35)55-33-12-11-30(48(51)52)37-38(33)44-57-43-37/h5-12,15-19H,3-4,13-14,21-22H2,1-2H3/b25-15+. The summed E-state index contributed by atoms with van der Waals surface area (Å²) >= 11 is 0. The van der Waals surface area contributed by atoms with Crippen molar-refractivity contribution in [3.63, 3.8) is 0 Å². The van der Waals surface area contributed by atoms with E-state index in [2.05, 4.69) is 44.0 Å². The summed E-state index contributed by atoms with van der Waals surface area (Å²) in [6.45, 7) is 7.01. The van der Waals surface area contributed by atoms with E-state index in [1.807, 2.05) is 18.2 Å². The van der Waals surface area contributed by atoms with E-state index in [-0.39, 0.29) is 52.6 Å². The van der Waals surface area contributed by atoms with Crippen molar-refractivity contribution in [2.75, 3.05) is 36.0 Å². The van der Waals surface area contributed by atoms with E-state index in [0.717, 1.165) is 43.1 Å². The van der Waals surface area contributed by atoms with Crippen LogP contribution in [-0.2, 0) is 22.7 Å². The lowest BCUT2D eigenvalue weighted by Gasteiger charge is -2.38. The summed E-state index contributed by atoms with van der Waals surface area (Å²) < 4.78 is 27.9. The molecule has 286 valence electrons. The second-order valence-electron chi connectivity index (χ2n) is 12.6. The molecule has 0 saturated carbocycles. The van der Waals surface area contributed by atoms with Crippen molar-refractivity contribution in [2.45, 2.75) is 27.1 Å². The second-order valence-corrected chi connectivity index (χ2v) is 12.6. The van der Waals surface area contributed by atoms with Gasteiger partial charge in [0.1, 0.15) is 41.9 Å². The van der Waals surface area contributed by atoms with Gasteiger partial charge in [-0.05, 0) is 65.6 Å². The largest absolute Gasteiger partial charge is 0.488 e. The molecule has 0 bridgehead atoms. The number of azide groups is 1. The number of nitriles is 1. The SMILES string of the molecule is CCN1CCN(CC)c2cc(OCc3ccc(N=[N+]=[N-])cc3)c(/C=C(\C#N)C(=O)OCc3cc(=O)oc4cc(Oc5ccc([N+](=O)[O-])c6nonc56)ccc34)cc21. The maximum absolute atomic E-state index is 13.5. The molecule has 1 aliphatic rings. The van der Waals surface area contributed by atoms with Gasteiger partial charge in [0.05, 0.1) is 16.3 Å². The molecule has 18 nitrogen and oxygen atoms in total. The van der Waals surface area contributed by atoms with Crippen LogP contribution in [0, 0.1) is 21.4 Å². The Morgan fingerprint density at radius 3 is 2.44 bits per heavy atom. The molecule has 0 atom stereocenters. The van der Waals surface area contributed by atoms with Gasteiger partial charge in [-0.1, -0.05) is 29.4 Å². The highest BCUT2D eigenvalue weighted by molar-refractivity contribution is 5.99. The number of carbonyl (C=O) groups excluding carboxylic acids is 1. The molecule has 0 radical (unpaired) electrons. The summed E-state index contributed by atoms with van der Waals surface area (Å²) in [5.41, 5.74) is 11.3. The molecule has 3 heterocycles. The first kappa shape index (κ1) is 37.4. The van der Waals surface area contributed by atoms with E-state index < -0.39 is 16.5 Å². The molecule has 6 aromatic rings. The first-order valence-corrected chi connectivity index (χ1v) is 17.6. The first-order chi connectivity index (χ1) is 27.7. The molecule has 0 amide bonds. The first-order valence-electron chi connectivity index (χ1n) is 17.6. The van der Waals surface area contributed by atoms with Crippen LogP contribution in [0.4, 0.5) is 22.7 Å². The molecule has 1 aliphatic heterocycles. The average molecular weight is 770 g/mol. The number of nitro benzene ring substituents is 1. The molecule has 0 N–H and O–H groups in total. The number of benzene rings is 4. The number of anilines is 2. The molecular weight excluding hydrogens is 738 g/mol. The molecular formula is C39H31N9O9. The van der Waals surface area contributed by atoms with E-state index in [0.29, 0.717) is 28.0 Å². The zero-order chi connectivity index (χ0) is 40.1. The quantitative estimate of drug-likeness (QED) is 0.0125. The monoisotopic (exact) mass is 769 g/mol. The third kappa shape index (κ3) is 7.85. The minimum Gasteiger partial charge on any atom is -0.488 e. The van der Waals surface area contributed by atoms with Gasteiger partial charge in [-0.25, -0.2) is 14.2 Å². The number of fused-ring (bicyclic) bond motifs is 3. The minimum absolute atomic E-state index is 0.0191. The van der Waals surface area contributed by atoms with Crippen molar-refractivity contribution < 1.29 is 33.0 Å². The number of aromatic nitrogens is 2. The van der Waals surface area contributed by atoms with Gasteiger partial charge in [0.2, 0.25) is 5.52 Å². The molecule has 2 aromatic heterocycles. The Bertz CT molecular complexity index is 2710. The Kier molecular flexibility index (Phi) is 10.6. The molecule has 4 aromatic carbocycles. The van der Waals surface area contributed by atoms with Crippen LogP contribution in [-0.4, -0.2) is 47.4 Å². The maximum atomic E-state index is 13.5. The van der Waals surface area contributed by atoms with Gasteiger partial charge in [0, 0.05) is 77.6 Å². The number of hydrogen-bond donors (Lipinski definition) is 0. The highest BCUT2D eigenvalue weighted by Crippen LogP contribution is 2.40. The minimum atomic E-state index is -0.929. The van der Waals surface area contributed by atoms with Crippen molar-refractivity contribution >= 4 is 56.8 Å². The Morgan fingerprint density at radius 2 is 1.74 bits per heavy atom. The molecule has 0 fully saturated rings. The summed E-state index contributed by atoms with van der Waals surface area (Å²) in [5, 5.41) is 32.9. The number of likely N-dealkylation sites (N-methyl/N-ethyl adjacent to an activating group) is 2. The molecule has 0 unspecified atom stereocenters. The van der Waals surface area contributed by atoms with Crippen LogP contribution >= 0.6 is 0 Å². The molecule has 7 rings (SSSR count). The third-order valence-corrected chi connectivity index (χ3v) is 9.26. The van der Waals surface area contributed by atoms with E-state index in [4.69, 9.17) is 28.8 Å². The van der Waals surface area contributed by atoms with Gasteiger partial charge >= 0.3 is 17.3 Å². The zero-order valence-corrected chi connectivity index (χ0v) is 30.4. The Labute approximate surface area is 322 Å². The number of non-ortho nitro benzene ring substituents is 1. The van der Waals surface area contributed by atoms with Gasteiger partial charge in [-0.3, -0.25) is 10.1 Å². The van der Waals surface area contributed by atoms with E-state index >= 15 is 0 Å². The number of ether oxygens (including phenoxy) is 3. The van der Waals surface area contributed by atoms with Crippen LogP contribution in [0.2, 0.25) is 0 Å². The fourth-order valence-corrected chi connectivity index (χ4v) is 6.42. The van der Waals surface area contributed by atoms with Crippen molar-refractivity contribution in [2.24, 2.45) is 5.11 Å². The lowest BCUT2D eigenvalue weighted by atomic mass is 10.0. The number of nitro groups is 1. The Morgan fingerprint density at radius 1 is 1.00 bits per heavy atom. The average Bonchev–Trinajstić information content (AvgIpc) is 3.71. The molecule has 0 spiro atoms. The normalized spacial score (nSPS) is 12.5. The summed E-state index contributed by atoms with van der Waals surface area (Å²) in [6, 6.07) is 20.9. The van der Waals surface area contributed by atoms with Gasteiger partial charge in [-0.15, -0.1) is 0 Å². The van der Waals surface area contributed by atoms with Crippen LogP contribution in [0.5, 0.6) is 17.2 Å². The van der Waals surface area contributed by atoms with Crippen LogP contribution < -0.4 is 24.9 Å². The van der Waals surface area contributed by atoms with Gasteiger partial charge in [0.25, 0.3) is 0 Å². The number of esters is 1. The van der Waals surface area contributed by atoms with Crippen LogP contribution in [0.15, 0.2) is 97.3 Å². The molecule has 57 heavy (non-hydrogen) atoms. The lowest BCUT2D eigenvalue weighted by molar-refractivity contribution is -0.383. The fraction of sp³-hybridized carbons (Fsp3) is 0.205.